The molecule has 0 spiro atoms. The Morgan fingerprint density at radius 3 is 2.80 bits per heavy atom. The molecule has 72 valence electrons. The number of thiophene rings is 1. The Balaban J connectivity index is 2.36. The van der Waals surface area contributed by atoms with Crippen molar-refractivity contribution in [3.05, 3.63) is 53.4 Å². The van der Waals surface area contributed by atoms with Crippen LogP contribution >= 0.6 is 11.3 Å². The third kappa shape index (κ3) is 1.43. The first-order chi connectivity index (χ1) is 7.45. The lowest BCUT2D eigenvalue weighted by Crippen LogP contribution is -1.82. The van der Waals surface area contributed by atoms with E-state index >= 15 is 0 Å². The Morgan fingerprint density at radius 2 is 1.93 bits per heavy atom. The summed E-state index contributed by atoms with van der Waals surface area (Å²) in [5.74, 6) is 0. The molecule has 0 aliphatic heterocycles. The summed E-state index contributed by atoms with van der Waals surface area (Å²) in [4.78, 5) is 4.46. The fourth-order valence-corrected chi connectivity index (χ4v) is 2.39. The molecule has 0 saturated heterocycles. The number of hydrogen-bond donors (Lipinski definition) is 0. The summed E-state index contributed by atoms with van der Waals surface area (Å²) in [5.41, 5.74) is 2.28. The molecule has 0 amide bonds. The first-order valence-electron chi connectivity index (χ1n) is 4.81. The van der Waals surface area contributed by atoms with Gasteiger partial charge in [-0.15, -0.1) is 0 Å². The van der Waals surface area contributed by atoms with Gasteiger partial charge in [0.2, 0.25) is 0 Å². The van der Waals surface area contributed by atoms with E-state index < -0.39 is 0 Å². The van der Waals surface area contributed by atoms with Gasteiger partial charge < -0.3 is 0 Å². The van der Waals surface area contributed by atoms with Crippen LogP contribution in [-0.4, -0.2) is 4.98 Å². The first-order valence-corrected chi connectivity index (χ1v) is 5.76. The zero-order valence-corrected chi connectivity index (χ0v) is 8.87. The molecule has 0 fully saturated rings. The zero-order chi connectivity index (χ0) is 10.1. The van der Waals surface area contributed by atoms with E-state index in [4.69, 9.17) is 0 Å². The standard InChI is InChI=1S/C13H9NS/c1-2-4-12-10(3-1)5-7-14-13(12)11-6-8-15-9-11/h1-9H. The lowest BCUT2D eigenvalue weighted by Gasteiger charge is -2.02. The summed E-state index contributed by atoms with van der Waals surface area (Å²) >= 11 is 1.70. The maximum atomic E-state index is 4.46. The van der Waals surface area contributed by atoms with Gasteiger partial charge in [0.05, 0.1) is 5.69 Å². The molecule has 15 heavy (non-hydrogen) atoms. The highest BCUT2D eigenvalue weighted by molar-refractivity contribution is 7.08. The van der Waals surface area contributed by atoms with Gasteiger partial charge in [-0.05, 0) is 22.9 Å². The third-order valence-electron chi connectivity index (χ3n) is 2.47. The highest BCUT2D eigenvalue weighted by Gasteiger charge is 2.03. The molecule has 0 aliphatic carbocycles. The van der Waals surface area contributed by atoms with Crippen LogP contribution < -0.4 is 0 Å². The van der Waals surface area contributed by atoms with Crippen molar-refractivity contribution in [1.29, 1.82) is 0 Å². The van der Waals surface area contributed by atoms with Crippen molar-refractivity contribution in [2.45, 2.75) is 0 Å². The average molecular weight is 211 g/mol. The maximum absolute atomic E-state index is 4.46. The van der Waals surface area contributed by atoms with E-state index in [1.165, 1.54) is 16.3 Å². The molecule has 2 aromatic heterocycles. The topological polar surface area (TPSA) is 12.9 Å². The number of pyridine rings is 1. The number of nitrogens with zero attached hydrogens (tertiary/aromatic N) is 1. The highest BCUT2D eigenvalue weighted by atomic mass is 32.1. The number of rotatable bonds is 1. The summed E-state index contributed by atoms with van der Waals surface area (Å²) < 4.78 is 0. The Hall–Kier alpha value is -1.67. The third-order valence-corrected chi connectivity index (χ3v) is 3.15. The van der Waals surface area contributed by atoms with Crippen LogP contribution in [0.5, 0.6) is 0 Å². The molecule has 2 heteroatoms. The lowest BCUT2D eigenvalue weighted by atomic mass is 10.1. The lowest BCUT2D eigenvalue weighted by molar-refractivity contribution is 1.36. The molecule has 1 nitrogen and oxygen atoms in total. The van der Waals surface area contributed by atoms with Crippen LogP contribution in [0.15, 0.2) is 53.4 Å². The maximum Gasteiger partial charge on any atom is 0.0788 e. The van der Waals surface area contributed by atoms with Crippen LogP contribution in [0.1, 0.15) is 0 Å². The molecule has 3 aromatic rings. The second-order valence-corrected chi connectivity index (χ2v) is 4.17. The Morgan fingerprint density at radius 1 is 1.00 bits per heavy atom. The van der Waals surface area contributed by atoms with E-state index in [0.29, 0.717) is 0 Å². The van der Waals surface area contributed by atoms with E-state index in [1.54, 1.807) is 11.3 Å². The largest absolute Gasteiger partial charge is 0.256 e. The van der Waals surface area contributed by atoms with Crippen LogP contribution in [-0.2, 0) is 0 Å². The van der Waals surface area contributed by atoms with Crippen LogP contribution in [0, 0.1) is 0 Å². The monoisotopic (exact) mass is 211 g/mol. The van der Waals surface area contributed by atoms with Gasteiger partial charge in [-0.3, -0.25) is 4.98 Å². The van der Waals surface area contributed by atoms with Gasteiger partial charge in [0, 0.05) is 22.5 Å². The van der Waals surface area contributed by atoms with Crippen LogP contribution in [0.2, 0.25) is 0 Å². The van der Waals surface area contributed by atoms with Crippen molar-refractivity contribution in [1.82, 2.24) is 4.98 Å². The van der Waals surface area contributed by atoms with Crippen molar-refractivity contribution >= 4 is 22.1 Å². The van der Waals surface area contributed by atoms with E-state index in [-0.39, 0.29) is 0 Å². The minimum absolute atomic E-state index is 1.08. The Kier molecular flexibility index (Phi) is 2.00. The van der Waals surface area contributed by atoms with Crippen molar-refractivity contribution in [3.63, 3.8) is 0 Å². The first kappa shape index (κ1) is 8.62. The van der Waals surface area contributed by atoms with Gasteiger partial charge in [-0.2, -0.15) is 11.3 Å². The fourth-order valence-electron chi connectivity index (χ4n) is 1.75. The van der Waals surface area contributed by atoms with Gasteiger partial charge in [0.1, 0.15) is 0 Å². The minimum atomic E-state index is 1.08. The van der Waals surface area contributed by atoms with E-state index in [1.807, 2.05) is 12.3 Å². The molecule has 0 N–H and O–H groups in total. The minimum Gasteiger partial charge on any atom is -0.256 e. The molecule has 0 unspecified atom stereocenters. The second-order valence-electron chi connectivity index (χ2n) is 3.39. The van der Waals surface area contributed by atoms with Crippen molar-refractivity contribution in [3.8, 4) is 11.3 Å². The van der Waals surface area contributed by atoms with Crippen molar-refractivity contribution in [2.24, 2.45) is 0 Å². The Bertz CT molecular complexity index is 579. The second kappa shape index (κ2) is 3.48. The molecule has 1 aromatic carbocycles. The van der Waals surface area contributed by atoms with Gasteiger partial charge in [0.15, 0.2) is 0 Å². The fraction of sp³-hybridized carbons (Fsp3) is 0. The molecular weight excluding hydrogens is 202 g/mol. The van der Waals surface area contributed by atoms with E-state index in [2.05, 4.69) is 46.1 Å². The van der Waals surface area contributed by atoms with Gasteiger partial charge >= 0.3 is 0 Å². The highest BCUT2D eigenvalue weighted by Crippen LogP contribution is 2.27. The normalized spacial score (nSPS) is 10.7. The van der Waals surface area contributed by atoms with Gasteiger partial charge in [-0.1, -0.05) is 24.3 Å². The SMILES string of the molecule is c1ccc2c(-c3ccsc3)nccc2c1. The van der Waals surface area contributed by atoms with Gasteiger partial charge in [0.25, 0.3) is 0 Å². The summed E-state index contributed by atoms with van der Waals surface area (Å²) in [6.45, 7) is 0. The molecule has 0 bridgehead atoms. The molecule has 0 radical (unpaired) electrons. The van der Waals surface area contributed by atoms with Crippen LogP contribution in [0.4, 0.5) is 0 Å². The molecule has 2 heterocycles. The molecule has 3 rings (SSSR count). The van der Waals surface area contributed by atoms with Crippen molar-refractivity contribution in [2.75, 3.05) is 0 Å². The van der Waals surface area contributed by atoms with Crippen LogP contribution in [0.3, 0.4) is 0 Å². The van der Waals surface area contributed by atoms with Gasteiger partial charge in [-0.25, -0.2) is 0 Å². The molecular formula is C13H9NS. The molecule has 0 aliphatic rings. The number of hydrogen-bond acceptors (Lipinski definition) is 2. The summed E-state index contributed by atoms with van der Waals surface area (Å²) in [6, 6.07) is 12.5. The quantitative estimate of drug-likeness (QED) is 0.593. The van der Waals surface area contributed by atoms with Crippen molar-refractivity contribution < 1.29 is 0 Å². The predicted molar refractivity (Wildman–Crippen MR) is 65.1 cm³/mol. The molecule has 0 atom stereocenters. The Labute approximate surface area is 92.0 Å². The average Bonchev–Trinajstić information content (AvgIpc) is 2.82. The summed E-state index contributed by atoms with van der Waals surface area (Å²) in [6.07, 6.45) is 1.87. The molecule has 0 saturated carbocycles. The summed E-state index contributed by atoms with van der Waals surface area (Å²) in [7, 11) is 0. The zero-order valence-electron chi connectivity index (χ0n) is 8.05. The number of benzene rings is 1. The van der Waals surface area contributed by atoms with E-state index in [0.717, 1.165) is 5.69 Å². The van der Waals surface area contributed by atoms with Crippen LogP contribution in [0.25, 0.3) is 22.0 Å². The predicted octanol–water partition coefficient (Wildman–Crippen LogP) is 3.96. The summed E-state index contributed by atoms with van der Waals surface area (Å²) in [5, 5.41) is 6.68. The smallest absolute Gasteiger partial charge is 0.0788 e. The number of aromatic nitrogens is 1. The van der Waals surface area contributed by atoms with E-state index in [9.17, 15) is 0 Å². The number of fused-ring (bicyclic) bond motifs is 1.